The average Bonchev–Trinajstić information content (AvgIpc) is 3.49. The molecule has 2 amide bonds. The summed E-state index contributed by atoms with van der Waals surface area (Å²) in [6, 6.07) is 10.8. The minimum atomic E-state index is -0.418. The number of aromatic nitrogens is 3. The van der Waals surface area contributed by atoms with Crippen LogP contribution in [0.1, 0.15) is 43.4 Å². The number of imide groups is 1. The van der Waals surface area contributed by atoms with Crippen LogP contribution in [0.3, 0.4) is 0 Å². The second-order valence-corrected chi connectivity index (χ2v) is 6.89. The molecule has 4 aromatic rings. The number of rotatable bonds is 6. The van der Waals surface area contributed by atoms with E-state index in [0.717, 1.165) is 11.1 Å². The zero-order valence-corrected chi connectivity index (χ0v) is 16.6. The van der Waals surface area contributed by atoms with Gasteiger partial charge in [-0.3, -0.25) is 14.5 Å². The molecule has 3 aromatic heterocycles. The molecule has 8 heteroatoms. The van der Waals surface area contributed by atoms with Gasteiger partial charge in [-0.25, -0.2) is 9.67 Å². The summed E-state index contributed by atoms with van der Waals surface area (Å²) in [7, 11) is 0. The van der Waals surface area contributed by atoms with E-state index in [4.69, 9.17) is 8.83 Å². The van der Waals surface area contributed by atoms with Crippen molar-refractivity contribution in [1.82, 2.24) is 19.7 Å². The molecular formula is C22H20N4O4. The summed E-state index contributed by atoms with van der Waals surface area (Å²) in [6.45, 7) is 4.09. The summed E-state index contributed by atoms with van der Waals surface area (Å²) >= 11 is 0. The number of aryl methyl sites for hydroxylation is 2. The van der Waals surface area contributed by atoms with Gasteiger partial charge in [0.05, 0.1) is 36.7 Å². The lowest BCUT2D eigenvalue weighted by Gasteiger charge is -2.21. The number of hydrogen-bond acceptors (Lipinski definition) is 6. The number of nitrogens with zero attached hydrogens (tertiary/aromatic N) is 4. The fourth-order valence-corrected chi connectivity index (χ4v) is 3.17. The Labute approximate surface area is 172 Å². The number of carbonyl (C=O) groups is 2. The van der Waals surface area contributed by atoms with Crippen molar-refractivity contribution in [2.75, 3.05) is 0 Å². The molecular weight excluding hydrogens is 384 g/mol. The molecule has 0 saturated heterocycles. The largest absolute Gasteiger partial charge is 0.469 e. The van der Waals surface area contributed by atoms with Crippen molar-refractivity contribution in [1.29, 1.82) is 0 Å². The summed E-state index contributed by atoms with van der Waals surface area (Å²) in [5.74, 6) is 0.0897. The van der Waals surface area contributed by atoms with Crippen molar-refractivity contribution in [2.45, 2.75) is 26.9 Å². The predicted octanol–water partition coefficient (Wildman–Crippen LogP) is 3.61. The van der Waals surface area contributed by atoms with Crippen LogP contribution in [0.4, 0.5) is 0 Å². The first-order chi connectivity index (χ1) is 14.5. The highest BCUT2D eigenvalue weighted by molar-refractivity contribution is 6.10. The molecule has 0 unspecified atom stereocenters. The summed E-state index contributed by atoms with van der Waals surface area (Å²) < 4.78 is 12.2. The monoisotopic (exact) mass is 404 g/mol. The fourth-order valence-electron chi connectivity index (χ4n) is 3.17. The van der Waals surface area contributed by atoms with E-state index < -0.39 is 11.8 Å². The Hall–Kier alpha value is -3.94. The van der Waals surface area contributed by atoms with E-state index in [0.29, 0.717) is 29.2 Å². The third kappa shape index (κ3) is 3.93. The van der Waals surface area contributed by atoms with Crippen LogP contribution in [0.2, 0.25) is 0 Å². The lowest BCUT2D eigenvalue weighted by atomic mass is 10.1. The Kier molecular flexibility index (Phi) is 5.30. The molecule has 0 aliphatic rings. The van der Waals surface area contributed by atoms with E-state index >= 15 is 0 Å². The van der Waals surface area contributed by atoms with Crippen molar-refractivity contribution in [3.63, 3.8) is 0 Å². The summed E-state index contributed by atoms with van der Waals surface area (Å²) in [5, 5.41) is 4.09. The van der Waals surface area contributed by atoms with Crippen molar-refractivity contribution >= 4 is 11.8 Å². The van der Waals surface area contributed by atoms with Gasteiger partial charge in [-0.15, -0.1) is 0 Å². The van der Waals surface area contributed by atoms with Crippen LogP contribution in [0.25, 0.3) is 0 Å². The Morgan fingerprint density at radius 3 is 1.93 bits per heavy atom. The SMILES string of the molecule is Cc1occc1C(=O)N(Cc1ccc(Cn2cncn2)cc1)C(=O)c1ccoc1C. The molecule has 4 rings (SSSR count). The third-order valence-electron chi connectivity index (χ3n) is 4.84. The minimum absolute atomic E-state index is 0.122. The highest BCUT2D eigenvalue weighted by Gasteiger charge is 2.28. The van der Waals surface area contributed by atoms with Crippen LogP contribution in [0, 0.1) is 13.8 Å². The molecule has 0 aliphatic heterocycles. The highest BCUT2D eigenvalue weighted by Crippen LogP contribution is 2.20. The molecule has 152 valence electrons. The smallest absolute Gasteiger partial charge is 0.264 e. The number of carbonyl (C=O) groups excluding carboxylic acids is 2. The molecule has 0 atom stereocenters. The molecule has 0 saturated carbocycles. The van der Waals surface area contributed by atoms with E-state index in [9.17, 15) is 9.59 Å². The lowest BCUT2D eigenvalue weighted by Crippen LogP contribution is -2.36. The van der Waals surface area contributed by atoms with Crippen molar-refractivity contribution in [3.8, 4) is 0 Å². The second kappa shape index (κ2) is 8.20. The molecule has 0 fully saturated rings. The standard InChI is InChI=1S/C22H20N4O4/c1-15-19(7-9-29-15)21(27)26(22(28)20-8-10-30-16(20)2)12-18-5-3-17(4-6-18)11-25-14-23-13-24-25/h3-10,13-14H,11-12H2,1-2H3. The van der Waals surface area contributed by atoms with Gasteiger partial charge >= 0.3 is 0 Å². The number of furan rings is 2. The number of hydrogen-bond donors (Lipinski definition) is 0. The average molecular weight is 404 g/mol. The second-order valence-electron chi connectivity index (χ2n) is 6.89. The van der Waals surface area contributed by atoms with Gasteiger partial charge in [0, 0.05) is 0 Å². The van der Waals surface area contributed by atoms with Crippen LogP contribution < -0.4 is 0 Å². The predicted molar refractivity (Wildman–Crippen MR) is 107 cm³/mol. The van der Waals surface area contributed by atoms with Crippen LogP contribution in [0.5, 0.6) is 0 Å². The molecule has 8 nitrogen and oxygen atoms in total. The maximum absolute atomic E-state index is 13.2. The topological polar surface area (TPSA) is 94.4 Å². The minimum Gasteiger partial charge on any atom is -0.469 e. The Morgan fingerprint density at radius 2 is 1.47 bits per heavy atom. The van der Waals surface area contributed by atoms with E-state index in [-0.39, 0.29) is 6.54 Å². The molecule has 1 aromatic carbocycles. The first kappa shape index (κ1) is 19.4. The summed E-state index contributed by atoms with van der Waals surface area (Å²) in [6.07, 6.45) is 6.01. The molecule has 0 bridgehead atoms. The Balaban J connectivity index is 1.59. The van der Waals surface area contributed by atoms with Crippen LogP contribution in [0.15, 0.2) is 70.4 Å². The molecule has 30 heavy (non-hydrogen) atoms. The van der Waals surface area contributed by atoms with E-state index in [2.05, 4.69) is 10.1 Å². The number of benzene rings is 1. The summed E-state index contributed by atoms with van der Waals surface area (Å²) in [5.41, 5.74) is 2.56. The van der Waals surface area contributed by atoms with Gasteiger partial charge in [0.2, 0.25) is 0 Å². The van der Waals surface area contributed by atoms with Crippen molar-refractivity contribution in [3.05, 3.63) is 95.4 Å². The quantitative estimate of drug-likeness (QED) is 0.456. The normalized spacial score (nSPS) is 10.9. The Morgan fingerprint density at radius 1 is 0.900 bits per heavy atom. The first-order valence-electron chi connectivity index (χ1n) is 9.37. The molecule has 0 aliphatic carbocycles. The van der Waals surface area contributed by atoms with Crippen LogP contribution in [-0.2, 0) is 13.1 Å². The van der Waals surface area contributed by atoms with Crippen molar-refractivity contribution in [2.24, 2.45) is 0 Å². The highest BCUT2D eigenvalue weighted by atomic mass is 16.3. The molecule has 3 heterocycles. The molecule has 0 spiro atoms. The van der Waals surface area contributed by atoms with Gasteiger partial charge in [-0.2, -0.15) is 5.10 Å². The summed E-state index contributed by atoms with van der Waals surface area (Å²) in [4.78, 5) is 31.4. The van der Waals surface area contributed by atoms with Crippen LogP contribution >= 0.6 is 0 Å². The molecule has 0 radical (unpaired) electrons. The van der Waals surface area contributed by atoms with Gasteiger partial charge in [-0.05, 0) is 37.1 Å². The first-order valence-corrected chi connectivity index (χ1v) is 9.37. The van der Waals surface area contributed by atoms with Gasteiger partial charge in [0.25, 0.3) is 11.8 Å². The van der Waals surface area contributed by atoms with Gasteiger partial charge in [-0.1, -0.05) is 24.3 Å². The lowest BCUT2D eigenvalue weighted by molar-refractivity contribution is 0.0602. The Bertz CT molecular complexity index is 1100. The zero-order chi connectivity index (χ0) is 21.1. The van der Waals surface area contributed by atoms with E-state index in [1.54, 1.807) is 37.0 Å². The maximum Gasteiger partial charge on any atom is 0.264 e. The van der Waals surface area contributed by atoms with Crippen LogP contribution in [-0.4, -0.2) is 31.5 Å². The van der Waals surface area contributed by atoms with E-state index in [1.807, 2.05) is 24.3 Å². The fraction of sp³-hybridized carbons (Fsp3) is 0.182. The van der Waals surface area contributed by atoms with Gasteiger partial charge in [0.1, 0.15) is 24.2 Å². The third-order valence-corrected chi connectivity index (χ3v) is 4.84. The van der Waals surface area contributed by atoms with Gasteiger partial charge < -0.3 is 8.83 Å². The molecule has 0 N–H and O–H groups in total. The maximum atomic E-state index is 13.2. The number of amides is 2. The van der Waals surface area contributed by atoms with Crippen molar-refractivity contribution < 1.29 is 18.4 Å². The van der Waals surface area contributed by atoms with Gasteiger partial charge in [0.15, 0.2) is 0 Å². The zero-order valence-electron chi connectivity index (χ0n) is 16.6. The van der Waals surface area contributed by atoms with E-state index in [1.165, 1.54) is 23.8 Å².